The SMILES string of the molecule is CC(C)(C)c1ccc(C2C(CN)CCCCN2C2CC2)s1. The number of rotatable bonds is 3. The molecule has 2 heterocycles. The van der Waals surface area contributed by atoms with Crippen molar-refractivity contribution >= 4 is 11.3 Å². The van der Waals surface area contributed by atoms with E-state index in [4.69, 9.17) is 5.73 Å². The van der Waals surface area contributed by atoms with E-state index in [0.717, 1.165) is 12.6 Å². The molecule has 0 radical (unpaired) electrons. The highest BCUT2D eigenvalue weighted by atomic mass is 32.1. The summed E-state index contributed by atoms with van der Waals surface area (Å²) in [6, 6.07) is 6.15. The fourth-order valence-corrected chi connectivity index (χ4v) is 4.92. The average Bonchev–Trinajstić information content (AvgIpc) is 3.18. The first-order chi connectivity index (χ1) is 10.0. The third-order valence-electron chi connectivity index (χ3n) is 5.02. The van der Waals surface area contributed by atoms with Crippen molar-refractivity contribution in [2.24, 2.45) is 11.7 Å². The van der Waals surface area contributed by atoms with Crippen LogP contribution in [0.4, 0.5) is 0 Å². The smallest absolute Gasteiger partial charge is 0.0484 e. The monoisotopic (exact) mass is 306 g/mol. The predicted molar refractivity (Wildman–Crippen MR) is 91.9 cm³/mol. The third-order valence-corrected chi connectivity index (χ3v) is 6.60. The molecule has 21 heavy (non-hydrogen) atoms. The molecule has 118 valence electrons. The van der Waals surface area contributed by atoms with Crippen LogP contribution in [0.1, 0.15) is 68.7 Å². The summed E-state index contributed by atoms with van der Waals surface area (Å²) in [5.41, 5.74) is 6.41. The van der Waals surface area contributed by atoms with E-state index < -0.39 is 0 Å². The van der Waals surface area contributed by atoms with Crippen molar-refractivity contribution in [3.63, 3.8) is 0 Å². The second-order valence-electron chi connectivity index (χ2n) is 7.86. The van der Waals surface area contributed by atoms with Crippen molar-refractivity contribution in [2.45, 2.75) is 70.4 Å². The predicted octanol–water partition coefficient (Wildman–Crippen LogP) is 4.31. The zero-order chi connectivity index (χ0) is 15.0. The first kappa shape index (κ1) is 15.5. The van der Waals surface area contributed by atoms with Crippen molar-refractivity contribution in [3.8, 4) is 0 Å². The molecule has 0 bridgehead atoms. The number of thiophene rings is 1. The highest BCUT2D eigenvalue weighted by Gasteiger charge is 2.39. The number of nitrogens with zero attached hydrogens (tertiary/aromatic N) is 1. The van der Waals surface area contributed by atoms with Crippen LogP contribution in [0.5, 0.6) is 0 Å². The molecule has 0 amide bonds. The summed E-state index contributed by atoms with van der Waals surface area (Å²) in [7, 11) is 0. The molecule has 2 atom stereocenters. The van der Waals surface area contributed by atoms with Gasteiger partial charge in [-0.05, 0) is 62.2 Å². The first-order valence-corrected chi connectivity index (χ1v) is 9.38. The van der Waals surface area contributed by atoms with E-state index in [1.807, 2.05) is 11.3 Å². The molecule has 3 rings (SSSR count). The van der Waals surface area contributed by atoms with Gasteiger partial charge in [0, 0.05) is 21.8 Å². The molecule has 1 saturated heterocycles. The van der Waals surface area contributed by atoms with Gasteiger partial charge in [0.1, 0.15) is 0 Å². The Morgan fingerprint density at radius 3 is 2.52 bits per heavy atom. The summed E-state index contributed by atoms with van der Waals surface area (Å²) < 4.78 is 0. The third kappa shape index (κ3) is 3.35. The Morgan fingerprint density at radius 2 is 1.95 bits per heavy atom. The lowest BCUT2D eigenvalue weighted by Gasteiger charge is -2.34. The Labute approximate surface area is 133 Å². The van der Waals surface area contributed by atoms with Gasteiger partial charge in [-0.1, -0.05) is 27.2 Å². The fraction of sp³-hybridized carbons (Fsp3) is 0.778. The number of hydrogen-bond acceptors (Lipinski definition) is 3. The van der Waals surface area contributed by atoms with Gasteiger partial charge < -0.3 is 5.73 Å². The van der Waals surface area contributed by atoms with Gasteiger partial charge in [0.15, 0.2) is 0 Å². The standard InChI is InChI=1S/C18H30N2S/c1-18(2,3)16-10-9-15(21-16)17-13(12-19)6-4-5-11-20(17)14-7-8-14/h9-10,13-14,17H,4-8,11-12,19H2,1-3H3. The fourth-order valence-electron chi connectivity index (χ4n) is 3.64. The van der Waals surface area contributed by atoms with E-state index >= 15 is 0 Å². The number of hydrogen-bond donors (Lipinski definition) is 1. The van der Waals surface area contributed by atoms with E-state index in [2.05, 4.69) is 37.8 Å². The van der Waals surface area contributed by atoms with E-state index in [1.165, 1.54) is 43.5 Å². The molecule has 1 aromatic heterocycles. The van der Waals surface area contributed by atoms with E-state index in [-0.39, 0.29) is 5.41 Å². The second kappa shape index (κ2) is 6.02. The van der Waals surface area contributed by atoms with Crippen LogP contribution in [0.25, 0.3) is 0 Å². The Bertz CT molecular complexity index is 470. The summed E-state index contributed by atoms with van der Waals surface area (Å²) in [5, 5.41) is 0. The molecule has 2 unspecified atom stereocenters. The molecular formula is C18H30N2S. The van der Waals surface area contributed by atoms with Crippen LogP contribution in [0.15, 0.2) is 12.1 Å². The molecule has 1 aliphatic carbocycles. The lowest BCUT2D eigenvalue weighted by Crippen LogP contribution is -2.36. The van der Waals surface area contributed by atoms with Gasteiger partial charge in [-0.15, -0.1) is 11.3 Å². The van der Waals surface area contributed by atoms with Crippen LogP contribution < -0.4 is 5.73 Å². The van der Waals surface area contributed by atoms with Crippen LogP contribution in [0.2, 0.25) is 0 Å². The Hall–Kier alpha value is -0.380. The second-order valence-corrected chi connectivity index (χ2v) is 8.97. The molecule has 0 spiro atoms. The van der Waals surface area contributed by atoms with Gasteiger partial charge in [0.2, 0.25) is 0 Å². The van der Waals surface area contributed by atoms with Crippen LogP contribution in [-0.2, 0) is 5.41 Å². The Balaban J connectivity index is 1.91. The molecule has 3 heteroatoms. The summed E-state index contributed by atoms with van der Waals surface area (Å²) in [6.45, 7) is 9.05. The summed E-state index contributed by atoms with van der Waals surface area (Å²) >= 11 is 2.03. The summed E-state index contributed by atoms with van der Waals surface area (Å²) in [4.78, 5) is 5.86. The van der Waals surface area contributed by atoms with Crippen molar-refractivity contribution in [1.29, 1.82) is 0 Å². The maximum atomic E-state index is 6.15. The molecule has 2 fully saturated rings. The van der Waals surface area contributed by atoms with Gasteiger partial charge in [0.05, 0.1) is 0 Å². The molecular weight excluding hydrogens is 276 g/mol. The molecule has 1 aliphatic heterocycles. The number of nitrogens with two attached hydrogens (primary N) is 1. The van der Waals surface area contributed by atoms with Crippen LogP contribution in [-0.4, -0.2) is 24.0 Å². The van der Waals surface area contributed by atoms with Gasteiger partial charge in [-0.3, -0.25) is 4.90 Å². The normalized spacial score (nSPS) is 28.6. The maximum Gasteiger partial charge on any atom is 0.0484 e. The molecule has 0 aromatic carbocycles. The number of likely N-dealkylation sites (tertiary alicyclic amines) is 1. The highest BCUT2D eigenvalue weighted by molar-refractivity contribution is 7.12. The zero-order valence-electron chi connectivity index (χ0n) is 13.8. The minimum absolute atomic E-state index is 0.260. The van der Waals surface area contributed by atoms with Crippen LogP contribution in [0.3, 0.4) is 0 Å². The van der Waals surface area contributed by atoms with Crippen molar-refractivity contribution in [3.05, 3.63) is 21.9 Å². The van der Waals surface area contributed by atoms with Crippen molar-refractivity contribution in [2.75, 3.05) is 13.1 Å². The van der Waals surface area contributed by atoms with Gasteiger partial charge >= 0.3 is 0 Å². The topological polar surface area (TPSA) is 29.3 Å². The van der Waals surface area contributed by atoms with Gasteiger partial charge in [-0.25, -0.2) is 0 Å². The van der Waals surface area contributed by atoms with Crippen molar-refractivity contribution in [1.82, 2.24) is 4.90 Å². The Kier molecular flexibility index (Phi) is 4.45. The van der Waals surface area contributed by atoms with Gasteiger partial charge in [0.25, 0.3) is 0 Å². The lowest BCUT2D eigenvalue weighted by atomic mass is 9.92. The molecule has 2 aliphatic rings. The molecule has 2 nitrogen and oxygen atoms in total. The molecule has 2 N–H and O–H groups in total. The molecule has 1 aromatic rings. The zero-order valence-corrected chi connectivity index (χ0v) is 14.6. The first-order valence-electron chi connectivity index (χ1n) is 8.56. The summed E-state index contributed by atoms with van der Waals surface area (Å²) in [6.07, 6.45) is 6.78. The largest absolute Gasteiger partial charge is 0.330 e. The van der Waals surface area contributed by atoms with E-state index in [9.17, 15) is 0 Å². The molecule has 1 saturated carbocycles. The van der Waals surface area contributed by atoms with Crippen LogP contribution >= 0.6 is 11.3 Å². The van der Waals surface area contributed by atoms with Gasteiger partial charge in [-0.2, -0.15) is 0 Å². The van der Waals surface area contributed by atoms with E-state index in [1.54, 1.807) is 4.88 Å². The minimum Gasteiger partial charge on any atom is -0.330 e. The van der Waals surface area contributed by atoms with Crippen LogP contribution in [0, 0.1) is 5.92 Å². The maximum absolute atomic E-state index is 6.15. The quantitative estimate of drug-likeness (QED) is 0.901. The minimum atomic E-state index is 0.260. The average molecular weight is 307 g/mol. The Morgan fingerprint density at radius 1 is 1.19 bits per heavy atom. The van der Waals surface area contributed by atoms with Crippen molar-refractivity contribution < 1.29 is 0 Å². The van der Waals surface area contributed by atoms with E-state index in [0.29, 0.717) is 12.0 Å². The highest BCUT2D eigenvalue weighted by Crippen LogP contribution is 2.44. The lowest BCUT2D eigenvalue weighted by molar-refractivity contribution is 0.152. The summed E-state index contributed by atoms with van der Waals surface area (Å²) in [5.74, 6) is 0.638.